The minimum Gasteiger partial charge on any atom is -0.313 e. The van der Waals surface area contributed by atoms with Crippen molar-refractivity contribution in [2.75, 3.05) is 7.05 Å². The van der Waals surface area contributed by atoms with Crippen molar-refractivity contribution in [1.29, 1.82) is 0 Å². The third-order valence-corrected chi connectivity index (χ3v) is 3.86. The number of hydrogen-bond donors (Lipinski definition) is 1. The van der Waals surface area contributed by atoms with Crippen molar-refractivity contribution in [3.63, 3.8) is 0 Å². The maximum absolute atomic E-state index is 14.1. The van der Waals surface area contributed by atoms with Crippen LogP contribution < -0.4 is 5.32 Å². The van der Waals surface area contributed by atoms with E-state index < -0.39 is 11.6 Å². The summed E-state index contributed by atoms with van der Waals surface area (Å²) in [4.78, 5) is 3.95. The molecule has 1 N–H and O–H groups in total. The molecule has 5 heteroatoms. The number of nitrogens with one attached hydrogen (secondary N) is 1. The molecule has 0 aliphatic rings. The van der Waals surface area contributed by atoms with Crippen LogP contribution in [0.15, 0.2) is 41.1 Å². The average Bonchev–Trinajstić information content (AvgIpc) is 2.47. The molecule has 0 saturated heterocycles. The Bertz CT molecular complexity index is 576. The van der Waals surface area contributed by atoms with E-state index in [1.807, 2.05) is 12.1 Å². The molecule has 0 aliphatic carbocycles. The summed E-state index contributed by atoms with van der Waals surface area (Å²) in [6.45, 7) is 0. The van der Waals surface area contributed by atoms with Gasteiger partial charge in [-0.15, -0.1) is 0 Å². The summed E-state index contributed by atoms with van der Waals surface area (Å²) in [5.74, 6) is -1.07. The van der Waals surface area contributed by atoms with Gasteiger partial charge in [0.25, 0.3) is 0 Å². The van der Waals surface area contributed by atoms with Crippen LogP contribution in [0, 0.1) is 11.6 Å². The number of aromatic nitrogens is 1. The van der Waals surface area contributed by atoms with Crippen molar-refractivity contribution in [3.8, 4) is 0 Å². The van der Waals surface area contributed by atoms with Crippen LogP contribution in [0.3, 0.4) is 0 Å². The van der Waals surface area contributed by atoms with Gasteiger partial charge in [-0.1, -0.05) is 0 Å². The fraction of sp³-hybridized carbons (Fsp3) is 0.267. The summed E-state index contributed by atoms with van der Waals surface area (Å²) in [5.41, 5.74) is 1.17. The number of benzene rings is 1. The summed E-state index contributed by atoms with van der Waals surface area (Å²) >= 11 is 3.10. The monoisotopic (exact) mass is 340 g/mol. The summed E-state index contributed by atoms with van der Waals surface area (Å²) in [5, 5.41) is 2.98. The SMILES string of the molecule is CNC(CCc1ccncc1)c1c(F)ccc(Br)c1F. The Morgan fingerprint density at radius 3 is 2.55 bits per heavy atom. The van der Waals surface area contributed by atoms with E-state index in [4.69, 9.17) is 0 Å². The minimum absolute atomic E-state index is 0.0796. The van der Waals surface area contributed by atoms with Crippen molar-refractivity contribution < 1.29 is 8.78 Å². The first-order chi connectivity index (χ1) is 9.63. The van der Waals surface area contributed by atoms with Gasteiger partial charge >= 0.3 is 0 Å². The van der Waals surface area contributed by atoms with Gasteiger partial charge in [0.15, 0.2) is 0 Å². The summed E-state index contributed by atoms with van der Waals surface area (Å²) in [6.07, 6.45) is 4.75. The minimum atomic E-state index is -0.543. The highest BCUT2D eigenvalue weighted by Crippen LogP contribution is 2.29. The van der Waals surface area contributed by atoms with E-state index in [2.05, 4.69) is 26.2 Å². The fourth-order valence-corrected chi connectivity index (χ4v) is 2.50. The summed E-state index contributed by atoms with van der Waals surface area (Å²) < 4.78 is 28.2. The van der Waals surface area contributed by atoms with Crippen LogP contribution in [0.2, 0.25) is 0 Å². The molecule has 0 spiro atoms. The summed E-state index contributed by atoms with van der Waals surface area (Å²) in [7, 11) is 1.71. The molecule has 1 atom stereocenters. The second-order valence-corrected chi connectivity index (χ2v) is 5.35. The molecule has 106 valence electrons. The van der Waals surface area contributed by atoms with Gasteiger partial charge in [0.2, 0.25) is 0 Å². The van der Waals surface area contributed by atoms with Crippen LogP contribution in [0.1, 0.15) is 23.6 Å². The van der Waals surface area contributed by atoms with Crippen LogP contribution >= 0.6 is 15.9 Å². The normalized spacial score (nSPS) is 12.4. The van der Waals surface area contributed by atoms with Crippen LogP contribution in [-0.2, 0) is 6.42 Å². The predicted octanol–water partition coefficient (Wildman–Crippen LogP) is 4.02. The van der Waals surface area contributed by atoms with Gasteiger partial charge in [0.1, 0.15) is 11.6 Å². The lowest BCUT2D eigenvalue weighted by Gasteiger charge is -2.18. The molecule has 1 aromatic heterocycles. The molecule has 0 amide bonds. The third kappa shape index (κ3) is 3.41. The van der Waals surface area contributed by atoms with Gasteiger partial charge < -0.3 is 5.32 Å². The maximum Gasteiger partial charge on any atom is 0.145 e. The molecular formula is C15H15BrF2N2. The maximum atomic E-state index is 14.1. The van der Waals surface area contributed by atoms with E-state index in [1.54, 1.807) is 19.4 Å². The van der Waals surface area contributed by atoms with E-state index in [0.717, 1.165) is 12.0 Å². The first-order valence-electron chi connectivity index (χ1n) is 6.33. The molecule has 1 aromatic carbocycles. The average molecular weight is 341 g/mol. The number of rotatable bonds is 5. The standard InChI is InChI=1S/C15H15BrF2N2/c1-19-13(5-2-10-6-8-20-9-7-10)14-12(17)4-3-11(16)15(14)18/h3-4,6-9,13,19H,2,5H2,1H3. The summed E-state index contributed by atoms with van der Waals surface area (Å²) in [6, 6.07) is 6.09. The van der Waals surface area contributed by atoms with Gasteiger partial charge in [-0.3, -0.25) is 4.98 Å². The van der Waals surface area contributed by atoms with E-state index in [-0.39, 0.29) is 16.1 Å². The number of nitrogens with zero attached hydrogens (tertiary/aromatic N) is 1. The molecule has 0 bridgehead atoms. The molecule has 1 heterocycles. The molecule has 1 unspecified atom stereocenters. The first kappa shape index (κ1) is 15.1. The van der Waals surface area contributed by atoms with Gasteiger partial charge in [0, 0.05) is 24.0 Å². The van der Waals surface area contributed by atoms with Gasteiger partial charge in [-0.25, -0.2) is 8.78 Å². The van der Waals surface area contributed by atoms with E-state index in [9.17, 15) is 8.78 Å². The molecule has 2 aromatic rings. The van der Waals surface area contributed by atoms with Crippen molar-refractivity contribution in [2.45, 2.75) is 18.9 Å². The molecule has 2 rings (SSSR count). The zero-order valence-corrected chi connectivity index (χ0v) is 12.6. The second-order valence-electron chi connectivity index (χ2n) is 4.49. The Kier molecular flexibility index (Phi) is 5.20. The Hall–Kier alpha value is -1.33. The Labute approximate surface area is 125 Å². The zero-order chi connectivity index (χ0) is 14.5. The Balaban J connectivity index is 2.19. The highest BCUT2D eigenvalue weighted by Gasteiger charge is 2.20. The topological polar surface area (TPSA) is 24.9 Å². The quantitative estimate of drug-likeness (QED) is 0.831. The Morgan fingerprint density at radius 1 is 1.20 bits per heavy atom. The number of hydrogen-bond acceptors (Lipinski definition) is 2. The molecule has 20 heavy (non-hydrogen) atoms. The third-order valence-electron chi connectivity index (χ3n) is 3.25. The lowest BCUT2D eigenvalue weighted by atomic mass is 9.98. The second kappa shape index (κ2) is 6.90. The van der Waals surface area contributed by atoms with Crippen LogP contribution in [0.4, 0.5) is 8.78 Å². The molecule has 0 fully saturated rings. The lowest BCUT2D eigenvalue weighted by Crippen LogP contribution is -2.20. The molecular weight excluding hydrogens is 326 g/mol. The highest BCUT2D eigenvalue weighted by atomic mass is 79.9. The van der Waals surface area contributed by atoms with Crippen LogP contribution in [0.25, 0.3) is 0 Å². The van der Waals surface area contributed by atoms with Gasteiger partial charge in [0.05, 0.1) is 4.47 Å². The zero-order valence-electron chi connectivity index (χ0n) is 11.0. The lowest BCUT2D eigenvalue weighted by molar-refractivity contribution is 0.469. The van der Waals surface area contributed by atoms with Crippen LogP contribution in [-0.4, -0.2) is 12.0 Å². The van der Waals surface area contributed by atoms with E-state index >= 15 is 0 Å². The predicted molar refractivity (Wildman–Crippen MR) is 78.4 cm³/mol. The highest BCUT2D eigenvalue weighted by molar-refractivity contribution is 9.10. The molecule has 0 saturated carbocycles. The largest absolute Gasteiger partial charge is 0.313 e. The van der Waals surface area contributed by atoms with Gasteiger partial charge in [-0.05, 0) is 65.6 Å². The number of halogens is 3. The molecule has 0 aliphatic heterocycles. The fourth-order valence-electron chi connectivity index (χ4n) is 2.16. The number of aryl methyl sites for hydroxylation is 1. The van der Waals surface area contributed by atoms with E-state index in [1.165, 1.54) is 12.1 Å². The van der Waals surface area contributed by atoms with Crippen LogP contribution in [0.5, 0.6) is 0 Å². The number of pyridine rings is 1. The molecule has 2 nitrogen and oxygen atoms in total. The van der Waals surface area contributed by atoms with Crippen molar-refractivity contribution >= 4 is 15.9 Å². The van der Waals surface area contributed by atoms with Crippen molar-refractivity contribution in [1.82, 2.24) is 10.3 Å². The molecule has 0 radical (unpaired) electrons. The smallest absolute Gasteiger partial charge is 0.145 e. The first-order valence-corrected chi connectivity index (χ1v) is 7.12. The van der Waals surface area contributed by atoms with Crippen molar-refractivity contribution in [3.05, 3.63) is 63.9 Å². The van der Waals surface area contributed by atoms with E-state index in [0.29, 0.717) is 6.42 Å². The van der Waals surface area contributed by atoms with Gasteiger partial charge in [-0.2, -0.15) is 0 Å². The van der Waals surface area contributed by atoms with Crippen molar-refractivity contribution in [2.24, 2.45) is 0 Å². The Morgan fingerprint density at radius 2 is 1.90 bits per heavy atom.